The molecule has 0 unspecified atom stereocenters. The van der Waals surface area contributed by atoms with Crippen molar-refractivity contribution in [1.29, 1.82) is 0 Å². The molecule has 0 saturated carbocycles. The highest BCUT2D eigenvalue weighted by molar-refractivity contribution is 7.90. The predicted octanol–water partition coefficient (Wildman–Crippen LogP) is 2.31. The number of aryl methyl sites for hydroxylation is 1. The molecule has 0 bridgehead atoms. The van der Waals surface area contributed by atoms with Gasteiger partial charge >= 0.3 is 6.03 Å². The summed E-state index contributed by atoms with van der Waals surface area (Å²) in [5.74, 6) is 1.27. The highest BCUT2D eigenvalue weighted by atomic mass is 32.2. The Balaban J connectivity index is 1.25. The van der Waals surface area contributed by atoms with Crippen molar-refractivity contribution >= 4 is 27.4 Å². The molecular weight excluding hydrogens is 460 g/mol. The number of para-hydroxylation sites is 2. The summed E-state index contributed by atoms with van der Waals surface area (Å²) in [6.07, 6.45) is 1.37. The number of fused-ring (bicyclic) bond motifs is 2. The SMILES string of the molecule is COc1ccccc1N1CCN(CCN2C(=O)Nc3cc4c(cc3S2(=O)=O)CCCOO4)CC1. The van der Waals surface area contributed by atoms with Gasteiger partial charge in [0, 0.05) is 38.8 Å². The van der Waals surface area contributed by atoms with E-state index in [4.69, 9.17) is 14.5 Å². The van der Waals surface area contributed by atoms with Gasteiger partial charge in [-0.25, -0.2) is 17.5 Å². The number of amides is 2. The second-order valence-corrected chi connectivity index (χ2v) is 10.3. The molecule has 1 N–H and O–H groups in total. The number of nitrogens with one attached hydrogen (secondary N) is 1. The summed E-state index contributed by atoms with van der Waals surface area (Å²) < 4.78 is 33.0. The molecule has 34 heavy (non-hydrogen) atoms. The lowest BCUT2D eigenvalue weighted by Gasteiger charge is -2.37. The van der Waals surface area contributed by atoms with E-state index in [1.54, 1.807) is 13.2 Å². The van der Waals surface area contributed by atoms with Gasteiger partial charge in [0.25, 0.3) is 10.0 Å². The predicted molar refractivity (Wildman–Crippen MR) is 126 cm³/mol. The molecule has 5 rings (SSSR count). The number of carbonyl (C=O) groups excluding carboxylic acids is 1. The lowest BCUT2D eigenvalue weighted by molar-refractivity contribution is -0.203. The maximum Gasteiger partial charge on any atom is 0.335 e. The number of urea groups is 1. The van der Waals surface area contributed by atoms with E-state index in [9.17, 15) is 13.2 Å². The minimum Gasteiger partial charge on any atom is -0.495 e. The number of ether oxygens (including phenoxy) is 1. The molecule has 1 fully saturated rings. The molecule has 3 aliphatic heterocycles. The van der Waals surface area contributed by atoms with E-state index in [0.29, 0.717) is 25.3 Å². The maximum absolute atomic E-state index is 13.3. The molecule has 2 aromatic rings. The van der Waals surface area contributed by atoms with Crippen molar-refractivity contribution in [2.75, 3.05) is 63.2 Å². The van der Waals surface area contributed by atoms with Crippen LogP contribution in [0.2, 0.25) is 0 Å². The second kappa shape index (κ2) is 9.32. The van der Waals surface area contributed by atoms with Gasteiger partial charge in [-0.1, -0.05) is 12.1 Å². The molecule has 2 amide bonds. The second-order valence-electron chi connectivity index (χ2n) is 8.47. The molecule has 0 spiro atoms. The average molecular weight is 489 g/mol. The molecule has 182 valence electrons. The Labute approximate surface area is 199 Å². The standard InChI is InChI=1S/C23H28N4O6S/c1-31-20-7-3-2-6-19(20)26-11-8-25(9-12-26)10-13-27-23(28)24-18-16-21-17(5-4-14-32-33-21)15-22(18)34(27,29)30/h2-3,6-7,15-16H,4-5,8-14H2,1H3,(H,24,28). The summed E-state index contributed by atoms with van der Waals surface area (Å²) in [6, 6.07) is 10.4. The van der Waals surface area contributed by atoms with Crippen molar-refractivity contribution in [2.45, 2.75) is 17.7 Å². The van der Waals surface area contributed by atoms with Gasteiger partial charge in [-0.15, -0.1) is 0 Å². The Kier molecular flexibility index (Phi) is 6.24. The van der Waals surface area contributed by atoms with Crippen molar-refractivity contribution < 1.29 is 27.7 Å². The zero-order valence-corrected chi connectivity index (χ0v) is 19.8. The summed E-state index contributed by atoms with van der Waals surface area (Å²) in [6.45, 7) is 4.06. The van der Waals surface area contributed by atoms with Gasteiger partial charge in [0.05, 0.1) is 31.6 Å². The monoisotopic (exact) mass is 488 g/mol. The van der Waals surface area contributed by atoms with Crippen LogP contribution < -0.4 is 19.8 Å². The van der Waals surface area contributed by atoms with E-state index >= 15 is 0 Å². The Morgan fingerprint density at radius 2 is 1.88 bits per heavy atom. The molecule has 0 aromatic heterocycles. The van der Waals surface area contributed by atoms with E-state index < -0.39 is 16.1 Å². The van der Waals surface area contributed by atoms with Crippen LogP contribution in [0.4, 0.5) is 16.2 Å². The molecule has 2 aromatic carbocycles. The van der Waals surface area contributed by atoms with Crippen molar-refractivity contribution in [3.05, 3.63) is 42.0 Å². The third-order valence-electron chi connectivity index (χ3n) is 6.44. The fraction of sp³-hybridized carbons (Fsp3) is 0.435. The first-order chi connectivity index (χ1) is 16.5. The van der Waals surface area contributed by atoms with Gasteiger partial charge in [-0.05, 0) is 36.6 Å². The van der Waals surface area contributed by atoms with Crippen molar-refractivity contribution in [1.82, 2.24) is 9.21 Å². The van der Waals surface area contributed by atoms with Gasteiger partial charge in [0.1, 0.15) is 10.6 Å². The fourth-order valence-electron chi connectivity index (χ4n) is 4.58. The topological polar surface area (TPSA) is 101 Å². The fourth-order valence-corrected chi connectivity index (χ4v) is 6.08. The van der Waals surface area contributed by atoms with E-state index in [2.05, 4.69) is 15.1 Å². The molecular formula is C23H28N4O6S. The molecule has 0 radical (unpaired) electrons. The molecule has 0 atom stereocenters. The summed E-state index contributed by atoms with van der Waals surface area (Å²) in [7, 11) is -2.31. The van der Waals surface area contributed by atoms with Crippen LogP contribution >= 0.6 is 0 Å². The number of nitrogens with zero attached hydrogens (tertiary/aromatic N) is 3. The highest BCUT2D eigenvalue weighted by Crippen LogP contribution is 2.37. The van der Waals surface area contributed by atoms with Crippen LogP contribution in [0.3, 0.4) is 0 Å². The minimum atomic E-state index is -3.97. The van der Waals surface area contributed by atoms with Gasteiger partial charge in [-0.2, -0.15) is 4.89 Å². The van der Waals surface area contributed by atoms with Crippen LogP contribution in [0.15, 0.2) is 41.3 Å². The van der Waals surface area contributed by atoms with Gasteiger partial charge < -0.3 is 19.8 Å². The number of piperazine rings is 1. The number of hydrogen-bond donors (Lipinski definition) is 1. The molecule has 3 heterocycles. The van der Waals surface area contributed by atoms with Crippen LogP contribution in [0.25, 0.3) is 0 Å². The first-order valence-corrected chi connectivity index (χ1v) is 12.8. The Hall–Kier alpha value is -3.02. The Bertz CT molecular complexity index is 1180. The normalized spacial score (nSPS) is 20.0. The van der Waals surface area contributed by atoms with Gasteiger partial charge in [0.2, 0.25) is 0 Å². The van der Waals surface area contributed by atoms with Gasteiger partial charge in [0.15, 0.2) is 5.75 Å². The minimum absolute atomic E-state index is 0.0823. The van der Waals surface area contributed by atoms with E-state index in [0.717, 1.165) is 53.9 Å². The molecule has 11 heteroatoms. The lowest BCUT2D eigenvalue weighted by Crippen LogP contribution is -2.51. The maximum atomic E-state index is 13.3. The van der Waals surface area contributed by atoms with Crippen LogP contribution in [0, 0.1) is 0 Å². The summed E-state index contributed by atoms with van der Waals surface area (Å²) in [5, 5.41) is 2.70. The highest BCUT2D eigenvalue weighted by Gasteiger charge is 2.38. The van der Waals surface area contributed by atoms with Crippen molar-refractivity contribution in [3.63, 3.8) is 0 Å². The van der Waals surface area contributed by atoms with E-state index in [-0.39, 0.29) is 17.1 Å². The van der Waals surface area contributed by atoms with Crippen LogP contribution in [-0.2, 0) is 21.3 Å². The van der Waals surface area contributed by atoms with E-state index in [1.165, 1.54) is 6.07 Å². The number of sulfonamides is 1. The lowest BCUT2D eigenvalue weighted by atomic mass is 10.1. The number of rotatable bonds is 5. The summed E-state index contributed by atoms with van der Waals surface area (Å²) in [5.41, 5.74) is 2.02. The van der Waals surface area contributed by atoms with E-state index in [1.807, 2.05) is 24.3 Å². The number of benzene rings is 2. The first-order valence-electron chi connectivity index (χ1n) is 11.4. The van der Waals surface area contributed by atoms with Crippen molar-refractivity contribution in [2.24, 2.45) is 0 Å². The zero-order valence-electron chi connectivity index (χ0n) is 19.0. The van der Waals surface area contributed by atoms with Crippen LogP contribution in [-0.4, -0.2) is 76.6 Å². The molecule has 1 saturated heterocycles. The Morgan fingerprint density at radius 1 is 1.09 bits per heavy atom. The van der Waals surface area contributed by atoms with Crippen LogP contribution in [0.1, 0.15) is 12.0 Å². The number of anilines is 2. The Morgan fingerprint density at radius 3 is 2.68 bits per heavy atom. The number of carbonyl (C=O) groups is 1. The summed E-state index contributed by atoms with van der Waals surface area (Å²) in [4.78, 5) is 27.6. The number of methoxy groups -OCH3 is 1. The third-order valence-corrected chi connectivity index (χ3v) is 8.26. The molecule has 0 aliphatic carbocycles. The van der Waals surface area contributed by atoms with Crippen LogP contribution in [0.5, 0.6) is 11.5 Å². The average Bonchev–Trinajstić information content (AvgIpc) is 3.08. The smallest absolute Gasteiger partial charge is 0.335 e. The van der Waals surface area contributed by atoms with Crippen molar-refractivity contribution in [3.8, 4) is 11.5 Å². The quantitative estimate of drug-likeness (QED) is 0.640. The largest absolute Gasteiger partial charge is 0.495 e. The molecule has 10 nitrogen and oxygen atoms in total. The zero-order chi connectivity index (χ0) is 23.7. The molecule has 3 aliphatic rings. The first kappa shape index (κ1) is 22.8. The third kappa shape index (κ3) is 4.26. The number of hydrogen-bond acceptors (Lipinski definition) is 8. The van der Waals surface area contributed by atoms with Gasteiger partial charge in [-0.3, -0.25) is 4.90 Å². The summed E-state index contributed by atoms with van der Waals surface area (Å²) >= 11 is 0.